The third-order valence-electron chi connectivity index (χ3n) is 4.84. The van der Waals surface area contributed by atoms with Crippen LogP contribution in [0.25, 0.3) is 10.8 Å². The Hall–Kier alpha value is -3.92. The van der Waals surface area contributed by atoms with E-state index in [1.54, 1.807) is 48.5 Å². The minimum absolute atomic E-state index is 0.165. The molecule has 30 heavy (non-hydrogen) atoms. The lowest BCUT2D eigenvalue weighted by molar-refractivity contribution is 0.0462. The van der Waals surface area contributed by atoms with Gasteiger partial charge in [0.05, 0.1) is 11.1 Å². The van der Waals surface area contributed by atoms with Gasteiger partial charge in [-0.1, -0.05) is 72.8 Å². The number of hydrogen-bond acceptors (Lipinski definition) is 4. The van der Waals surface area contributed by atoms with E-state index in [2.05, 4.69) is 0 Å². The molecule has 0 N–H and O–H groups in total. The van der Waals surface area contributed by atoms with E-state index in [9.17, 15) is 9.59 Å². The van der Waals surface area contributed by atoms with Crippen molar-refractivity contribution in [1.29, 1.82) is 0 Å². The third kappa shape index (κ3) is 4.39. The van der Waals surface area contributed by atoms with Crippen LogP contribution in [0.15, 0.2) is 97.1 Å². The second-order valence-electron chi connectivity index (χ2n) is 6.81. The van der Waals surface area contributed by atoms with E-state index in [1.807, 2.05) is 48.5 Å². The molecule has 4 heteroatoms. The summed E-state index contributed by atoms with van der Waals surface area (Å²) >= 11 is 0. The van der Waals surface area contributed by atoms with E-state index in [4.69, 9.17) is 9.47 Å². The summed E-state index contributed by atoms with van der Waals surface area (Å²) in [5.41, 5.74) is 2.83. The minimum atomic E-state index is -0.361. The normalized spacial score (nSPS) is 10.5. The Morgan fingerprint density at radius 3 is 1.27 bits per heavy atom. The van der Waals surface area contributed by atoms with Gasteiger partial charge in [-0.15, -0.1) is 0 Å². The predicted octanol–water partition coefficient (Wildman–Crippen LogP) is 5.55. The molecule has 4 aromatic carbocycles. The van der Waals surface area contributed by atoms with Crippen molar-refractivity contribution >= 4 is 22.7 Å². The number of benzene rings is 4. The smallest absolute Gasteiger partial charge is 0.338 e. The average molecular weight is 396 g/mol. The van der Waals surface area contributed by atoms with Crippen LogP contribution in [-0.4, -0.2) is 11.9 Å². The monoisotopic (exact) mass is 396 g/mol. The number of ether oxygens (including phenoxy) is 2. The summed E-state index contributed by atoms with van der Waals surface area (Å²) in [7, 11) is 0. The Morgan fingerprint density at radius 2 is 0.867 bits per heavy atom. The van der Waals surface area contributed by atoms with Crippen molar-refractivity contribution in [2.75, 3.05) is 0 Å². The molecule has 4 rings (SSSR count). The summed E-state index contributed by atoms with van der Waals surface area (Å²) in [5, 5.41) is 1.93. The first-order valence-electron chi connectivity index (χ1n) is 9.66. The highest BCUT2D eigenvalue weighted by molar-refractivity contribution is 5.92. The second kappa shape index (κ2) is 9.05. The maximum absolute atomic E-state index is 12.3. The zero-order valence-electron chi connectivity index (χ0n) is 16.3. The molecule has 0 atom stereocenters. The third-order valence-corrected chi connectivity index (χ3v) is 4.84. The number of esters is 2. The van der Waals surface area contributed by atoms with Crippen molar-refractivity contribution in [3.8, 4) is 0 Å². The Labute approximate surface area is 174 Å². The van der Waals surface area contributed by atoms with Gasteiger partial charge in [0.15, 0.2) is 0 Å². The largest absolute Gasteiger partial charge is 0.457 e. The lowest BCUT2D eigenvalue weighted by Crippen LogP contribution is -2.07. The van der Waals surface area contributed by atoms with Crippen LogP contribution in [0.3, 0.4) is 0 Å². The molecular weight excluding hydrogens is 376 g/mol. The highest BCUT2D eigenvalue weighted by atomic mass is 16.5. The first kappa shape index (κ1) is 19.4. The van der Waals surface area contributed by atoms with Gasteiger partial charge in [-0.2, -0.15) is 0 Å². The molecule has 0 spiro atoms. The van der Waals surface area contributed by atoms with Gasteiger partial charge in [-0.05, 0) is 46.2 Å². The quantitative estimate of drug-likeness (QED) is 0.401. The van der Waals surface area contributed by atoms with E-state index < -0.39 is 0 Å². The molecule has 0 amide bonds. The summed E-state index contributed by atoms with van der Waals surface area (Å²) in [6.45, 7) is 0.330. The molecule has 0 aliphatic carbocycles. The molecular formula is C26H20O4. The molecule has 0 bridgehead atoms. The van der Waals surface area contributed by atoms with Crippen LogP contribution in [0.5, 0.6) is 0 Å². The number of hydrogen-bond donors (Lipinski definition) is 0. The SMILES string of the molecule is O=C(OCc1ccc(COC(=O)c2ccccc2)c2ccccc12)c1ccccc1. The highest BCUT2D eigenvalue weighted by Gasteiger charge is 2.12. The topological polar surface area (TPSA) is 52.6 Å². The number of rotatable bonds is 6. The van der Waals surface area contributed by atoms with Crippen molar-refractivity contribution in [2.24, 2.45) is 0 Å². The van der Waals surface area contributed by atoms with E-state index in [-0.39, 0.29) is 25.2 Å². The van der Waals surface area contributed by atoms with Crippen molar-refractivity contribution in [1.82, 2.24) is 0 Å². The van der Waals surface area contributed by atoms with Crippen molar-refractivity contribution in [3.63, 3.8) is 0 Å². The van der Waals surface area contributed by atoms with E-state index in [0.29, 0.717) is 11.1 Å². The first-order valence-corrected chi connectivity index (χ1v) is 9.66. The predicted molar refractivity (Wildman–Crippen MR) is 115 cm³/mol. The van der Waals surface area contributed by atoms with Gasteiger partial charge in [-0.3, -0.25) is 0 Å². The molecule has 0 fully saturated rings. The van der Waals surface area contributed by atoms with Gasteiger partial charge < -0.3 is 9.47 Å². The number of carbonyl (C=O) groups excluding carboxylic acids is 2. The first-order chi connectivity index (χ1) is 14.7. The maximum atomic E-state index is 12.3. The Morgan fingerprint density at radius 1 is 0.500 bits per heavy atom. The van der Waals surface area contributed by atoms with Crippen LogP contribution >= 0.6 is 0 Å². The lowest BCUT2D eigenvalue weighted by atomic mass is 10.0. The zero-order valence-corrected chi connectivity index (χ0v) is 16.3. The molecule has 148 valence electrons. The molecule has 4 aromatic rings. The molecule has 0 aliphatic rings. The van der Waals surface area contributed by atoms with Gasteiger partial charge >= 0.3 is 11.9 Å². The van der Waals surface area contributed by atoms with Crippen LogP contribution < -0.4 is 0 Å². The van der Waals surface area contributed by atoms with Crippen molar-refractivity contribution in [3.05, 3.63) is 119 Å². The molecule has 0 unspecified atom stereocenters. The van der Waals surface area contributed by atoms with Gasteiger partial charge in [0, 0.05) is 0 Å². The van der Waals surface area contributed by atoms with Gasteiger partial charge in [0.1, 0.15) is 13.2 Å². The molecule has 0 aromatic heterocycles. The summed E-state index contributed by atoms with van der Waals surface area (Å²) < 4.78 is 11.0. The van der Waals surface area contributed by atoms with Crippen LogP contribution in [0.2, 0.25) is 0 Å². The standard InChI is InChI=1S/C26H20O4/c27-25(19-9-3-1-4-10-19)29-17-21-15-16-22(24-14-8-7-13-23(21)24)18-30-26(28)20-11-5-2-6-12-20/h1-16H,17-18H2. The summed E-state index contributed by atoms with van der Waals surface area (Å²) in [6.07, 6.45) is 0. The molecule has 4 nitrogen and oxygen atoms in total. The molecule has 0 saturated heterocycles. The highest BCUT2D eigenvalue weighted by Crippen LogP contribution is 2.25. The molecule has 0 saturated carbocycles. The van der Waals surface area contributed by atoms with E-state index in [0.717, 1.165) is 21.9 Å². The van der Waals surface area contributed by atoms with Crippen molar-refractivity contribution in [2.45, 2.75) is 13.2 Å². The van der Waals surface area contributed by atoms with Gasteiger partial charge in [-0.25, -0.2) is 9.59 Å². The fraction of sp³-hybridized carbons (Fsp3) is 0.0769. The number of fused-ring (bicyclic) bond motifs is 1. The Kier molecular flexibility index (Phi) is 5.85. The second-order valence-corrected chi connectivity index (χ2v) is 6.81. The molecule has 0 radical (unpaired) electrons. The number of carbonyl (C=O) groups is 2. The lowest BCUT2D eigenvalue weighted by Gasteiger charge is -2.12. The molecule has 0 heterocycles. The van der Waals surface area contributed by atoms with E-state index in [1.165, 1.54) is 0 Å². The van der Waals surface area contributed by atoms with E-state index >= 15 is 0 Å². The maximum Gasteiger partial charge on any atom is 0.338 e. The average Bonchev–Trinajstić information content (AvgIpc) is 2.82. The van der Waals surface area contributed by atoms with Gasteiger partial charge in [0.2, 0.25) is 0 Å². The molecule has 0 aliphatic heterocycles. The minimum Gasteiger partial charge on any atom is -0.457 e. The van der Waals surface area contributed by atoms with Crippen LogP contribution in [-0.2, 0) is 22.7 Å². The van der Waals surface area contributed by atoms with Crippen molar-refractivity contribution < 1.29 is 19.1 Å². The summed E-state index contributed by atoms with van der Waals surface area (Å²) in [4.78, 5) is 24.5. The fourth-order valence-corrected chi connectivity index (χ4v) is 3.28. The summed E-state index contributed by atoms with van der Waals surface area (Å²) in [6, 6.07) is 29.5. The summed E-state index contributed by atoms with van der Waals surface area (Å²) in [5.74, 6) is -0.721. The van der Waals surface area contributed by atoms with Crippen LogP contribution in [0.1, 0.15) is 31.8 Å². The van der Waals surface area contributed by atoms with Crippen LogP contribution in [0.4, 0.5) is 0 Å². The fourth-order valence-electron chi connectivity index (χ4n) is 3.28. The Bertz CT molecular complexity index is 1070. The Balaban J connectivity index is 1.50. The zero-order chi connectivity index (χ0) is 20.8. The van der Waals surface area contributed by atoms with Gasteiger partial charge in [0.25, 0.3) is 0 Å². The van der Waals surface area contributed by atoms with Crippen LogP contribution in [0, 0.1) is 0 Å².